The minimum Gasteiger partial charge on any atom is -0.443 e. The van der Waals surface area contributed by atoms with Crippen LogP contribution in [0.5, 0.6) is 0 Å². The summed E-state index contributed by atoms with van der Waals surface area (Å²) in [7, 11) is 0. The summed E-state index contributed by atoms with van der Waals surface area (Å²) in [5, 5.41) is 0. The van der Waals surface area contributed by atoms with Crippen molar-refractivity contribution in [1.82, 2.24) is 0 Å². The van der Waals surface area contributed by atoms with Crippen LogP contribution in [0.3, 0.4) is 0 Å². The normalized spacial score (nSPS) is 15.2. The highest BCUT2D eigenvalue weighted by Crippen LogP contribution is 2.29. The molecule has 0 aromatic heterocycles. The first kappa shape index (κ1) is 13.5. The molecule has 5 heteroatoms. The van der Waals surface area contributed by atoms with Gasteiger partial charge in [-0.2, -0.15) is 0 Å². The highest BCUT2D eigenvalue weighted by molar-refractivity contribution is 6.07. The highest BCUT2D eigenvalue weighted by atomic mass is 19.1. The van der Waals surface area contributed by atoms with Crippen LogP contribution in [0.25, 0.3) is 0 Å². The molecule has 1 amide bonds. The van der Waals surface area contributed by atoms with Crippen LogP contribution in [0.15, 0.2) is 18.2 Å². The summed E-state index contributed by atoms with van der Waals surface area (Å²) < 4.78 is 18.5. The van der Waals surface area contributed by atoms with E-state index in [0.717, 1.165) is 6.07 Å². The number of anilines is 1. The molecular weight excluding hydrogens is 249 g/mol. The molecule has 0 unspecified atom stereocenters. The average molecular weight is 265 g/mol. The molecule has 0 aliphatic carbocycles. The van der Waals surface area contributed by atoms with E-state index in [9.17, 15) is 14.0 Å². The van der Waals surface area contributed by atoms with Gasteiger partial charge in [-0.3, -0.25) is 9.69 Å². The summed E-state index contributed by atoms with van der Waals surface area (Å²) in [6.45, 7) is 5.56. The first-order valence-corrected chi connectivity index (χ1v) is 6.11. The summed E-state index contributed by atoms with van der Waals surface area (Å²) >= 11 is 0. The fourth-order valence-electron chi connectivity index (χ4n) is 1.94. The summed E-state index contributed by atoms with van der Waals surface area (Å²) in [4.78, 5) is 25.2. The van der Waals surface area contributed by atoms with Crippen molar-refractivity contribution in [1.29, 1.82) is 0 Å². The van der Waals surface area contributed by atoms with Crippen molar-refractivity contribution in [3.8, 4) is 0 Å². The Morgan fingerprint density at radius 3 is 2.68 bits per heavy atom. The van der Waals surface area contributed by atoms with E-state index in [1.165, 1.54) is 17.0 Å². The number of Topliss-reactive ketones (excluding diaryl/α,β-unsaturated/α-hetero) is 1. The lowest BCUT2D eigenvalue weighted by atomic mass is 10.0. The van der Waals surface area contributed by atoms with E-state index in [1.807, 2.05) is 0 Å². The zero-order valence-electron chi connectivity index (χ0n) is 11.2. The third-order valence-corrected chi connectivity index (χ3v) is 2.73. The predicted molar refractivity (Wildman–Crippen MR) is 68.9 cm³/mol. The van der Waals surface area contributed by atoms with E-state index >= 15 is 0 Å². The SMILES string of the molecule is CC(C)(C)OC(=O)N1CCC(=O)c2cc(F)ccc21. The van der Waals surface area contributed by atoms with Gasteiger partial charge in [0.05, 0.1) is 5.69 Å². The summed E-state index contributed by atoms with van der Waals surface area (Å²) in [6.07, 6.45) is -0.344. The number of fused-ring (bicyclic) bond motifs is 1. The van der Waals surface area contributed by atoms with Crippen LogP contribution in [0, 0.1) is 5.82 Å². The van der Waals surface area contributed by atoms with Crippen LogP contribution in [0.4, 0.5) is 14.9 Å². The highest BCUT2D eigenvalue weighted by Gasteiger charge is 2.30. The van der Waals surface area contributed by atoms with Gasteiger partial charge in [-0.25, -0.2) is 9.18 Å². The molecule has 102 valence electrons. The van der Waals surface area contributed by atoms with Crippen LogP contribution < -0.4 is 4.90 Å². The van der Waals surface area contributed by atoms with Crippen LogP contribution >= 0.6 is 0 Å². The molecule has 2 rings (SSSR count). The van der Waals surface area contributed by atoms with Gasteiger partial charge in [0, 0.05) is 18.5 Å². The molecule has 4 nitrogen and oxygen atoms in total. The number of benzene rings is 1. The number of carbonyl (C=O) groups excluding carboxylic acids is 2. The van der Waals surface area contributed by atoms with Gasteiger partial charge >= 0.3 is 6.09 Å². The Bertz CT molecular complexity index is 534. The van der Waals surface area contributed by atoms with E-state index in [1.54, 1.807) is 20.8 Å². The van der Waals surface area contributed by atoms with E-state index in [-0.39, 0.29) is 24.3 Å². The Kier molecular flexibility index (Phi) is 3.30. The lowest BCUT2D eigenvalue weighted by Crippen LogP contribution is -2.41. The molecule has 1 aromatic rings. The lowest BCUT2D eigenvalue weighted by molar-refractivity contribution is 0.0577. The summed E-state index contributed by atoms with van der Waals surface area (Å²) in [5.41, 5.74) is 0.0302. The largest absolute Gasteiger partial charge is 0.443 e. The average Bonchev–Trinajstić information content (AvgIpc) is 2.27. The van der Waals surface area contributed by atoms with Gasteiger partial charge in [0.15, 0.2) is 5.78 Å². The number of carbonyl (C=O) groups is 2. The van der Waals surface area contributed by atoms with Crippen LogP contribution in [0.2, 0.25) is 0 Å². The maximum absolute atomic E-state index is 13.2. The van der Waals surface area contributed by atoms with Gasteiger partial charge in [-0.1, -0.05) is 0 Å². The van der Waals surface area contributed by atoms with Crippen molar-refractivity contribution >= 4 is 17.6 Å². The molecule has 0 bridgehead atoms. The van der Waals surface area contributed by atoms with Gasteiger partial charge in [0.2, 0.25) is 0 Å². The van der Waals surface area contributed by atoms with Gasteiger partial charge in [0.1, 0.15) is 11.4 Å². The fourth-order valence-corrected chi connectivity index (χ4v) is 1.94. The smallest absolute Gasteiger partial charge is 0.414 e. The van der Waals surface area contributed by atoms with E-state index in [4.69, 9.17) is 4.74 Å². The number of ether oxygens (including phenoxy) is 1. The Hall–Kier alpha value is -1.91. The number of hydrogen-bond donors (Lipinski definition) is 0. The standard InChI is InChI=1S/C14H16FNO3/c1-14(2,3)19-13(18)16-7-6-12(17)10-8-9(15)4-5-11(10)16/h4-5,8H,6-7H2,1-3H3. The number of rotatable bonds is 0. The Labute approximate surface area is 111 Å². The van der Waals surface area contributed by atoms with E-state index in [0.29, 0.717) is 5.69 Å². The van der Waals surface area contributed by atoms with Crippen molar-refractivity contribution in [2.45, 2.75) is 32.8 Å². The zero-order chi connectivity index (χ0) is 14.2. The molecule has 0 saturated heterocycles. The fraction of sp³-hybridized carbons (Fsp3) is 0.429. The Morgan fingerprint density at radius 1 is 1.37 bits per heavy atom. The zero-order valence-corrected chi connectivity index (χ0v) is 11.2. The number of hydrogen-bond acceptors (Lipinski definition) is 3. The van der Waals surface area contributed by atoms with Gasteiger partial charge in [-0.15, -0.1) is 0 Å². The Balaban J connectivity index is 2.33. The first-order chi connectivity index (χ1) is 8.78. The lowest BCUT2D eigenvalue weighted by Gasteiger charge is -2.31. The first-order valence-electron chi connectivity index (χ1n) is 6.11. The molecular formula is C14H16FNO3. The number of ketones is 1. The molecule has 0 N–H and O–H groups in total. The monoisotopic (exact) mass is 265 g/mol. The maximum atomic E-state index is 13.2. The van der Waals surface area contributed by atoms with Gasteiger partial charge in [-0.05, 0) is 39.0 Å². The van der Waals surface area contributed by atoms with Crippen molar-refractivity contribution in [3.05, 3.63) is 29.6 Å². The second kappa shape index (κ2) is 4.64. The molecule has 0 radical (unpaired) electrons. The molecule has 0 fully saturated rings. The molecule has 19 heavy (non-hydrogen) atoms. The third-order valence-electron chi connectivity index (χ3n) is 2.73. The summed E-state index contributed by atoms with van der Waals surface area (Å²) in [5.74, 6) is -0.646. The topological polar surface area (TPSA) is 46.6 Å². The van der Waals surface area contributed by atoms with Crippen molar-refractivity contribution in [3.63, 3.8) is 0 Å². The number of amides is 1. The maximum Gasteiger partial charge on any atom is 0.414 e. The third kappa shape index (κ3) is 2.92. The molecule has 1 aromatic carbocycles. The van der Waals surface area contributed by atoms with Crippen molar-refractivity contribution in [2.24, 2.45) is 0 Å². The van der Waals surface area contributed by atoms with Gasteiger partial charge in [0.25, 0.3) is 0 Å². The number of halogens is 1. The summed E-state index contributed by atoms with van der Waals surface area (Å²) in [6, 6.07) is 3.83. The molecule has 1 aliphatic heterocycles. The molecule has 1 heterocycles. The molecule has 0 atom stereocenters. The van der Waals surface area contributed by atoms with Crippen LogP contribution in [0.1, 0.15) is 37.6 Å². The second-order valence-corrected chi connectivity index (χ2v) is 5.47. The minimum atomic E-state index is -0.612. The predicted octanol–water partition coefficient (Wildman–Crippen LogP) is 3.15. The quantitative estimate of drug-likeness (QED) is 0.724. The number of nitrogens with zero attached hydrogens (tertiary/aromatic N) is 1. The van der Waals surface area contributed by atoms with E-state index < -0.39 is 17.5 Å². The van der Waals surface area contributed by atoms with Crippen LogP contribution in [-0.4, -0.2) is 24.0 Å². The molecule has 0 spiro atoms. The second-order valence-electron chi connectivity index (χ2n) is 5.47. The van der Waals surface area contributed by atoms with Crippen LogP contribution in [-0.2, 0) is 4.74 Å². The van der Waals surface area contributed by atoms with E-state index in [2.05, 4.69) is 0 Å². The van der Waals surface area contributed by atoms with Gasteiger partial charge < -0.3 is 4.74 Å². The Morgan fingerprint density at radius 2 is 2.05 bits per heavy atom. The molecule has 0 saturated carbocycles. The minimum absolute atomic E-state index is 0.158. The van der Waals surface area contributed by atoms with Crippen molar-refractivity contribution < 1.29 is 18.7 Å². The van der Waals surface area contributed by atoms with Crippen molar-refractivity contribution in [2.75, 3.05) is 11.4 Å². The molecule has 1 aliphatic rings.